The summed E-state index contributed by atoms with van der Waals surface area (Å²) in [5, 5.41) is 8.49. The Labute approximate surface area is 139 Å². The summed E-state index contributed by atoms with van der Waals surface area (Å²) in [7, 11) is 0. The first kappa shape index (κ1) is 18.9. The van der Waals surface area contributed by atoms with Crippen LogP contribution in [0, 0.1) is 0 Å². The van der Waals surface area contributed by atoms with Gasteiger partial charge in [0.15, 0.2) is 0 Å². The summed E-state index contributed by atoms with van der Waals surface area (Å²) >= 11 is 0. The van der Waals surface area contributed by atoms with E-state index in [4.69, 9.17) is 5.21 Å². The molecular weight excluding hydrogens is 286 g/mol. The number of benzene rings is 2. The second-order valence-electron chi connectivity index (χ2n) is 5.22. The Morgan fingerprint density at radius 3 is 1.83 bits per heavy atom. The molecule has 2 aromatic carbocycles. The summed E-state index contributed by atoms with van der Waals surface area (Å²) in [6.07, 6.45) is 4.73. The van der Waals surface area contributed by atoms with Crippen molar-refractivity contribution in [2.24, 2.45) is 0 Å². The summed E-state index contributed by atoms with van der Waals surface area (Å²) in [5.74, 6) is -0.384. The van der Waals surface area contributed by atoms with Crippen molar-refractivity contribution in [2.75, 3.05) is 0 Å². The average Bonchev–Trinajstić information content (AvgIpc) is 2.62. The first-order valence-electron chi connectivity index (χ1n) is 8.32. The van der Waals surface area contributed by atoms with E-state index in [1.807, 2.05) is 32.0 Å². The molecule has 3 heteroatoms. The number of rotatable bonds is 7. The molecular formula is C20H27NO2. The van der Waals surface area contributed by atoms with Crippen molar-refractivity contribution in [3.05, 3.63) is 71.3 Å². The van der Waals surface area contributed by atoms with Crippen molar-refractivity contribution in [1.29, 1.82) is 0 Å². The molecule has 0 aliphatic rings. The molecule has 0 spiro atoms. The molecule has 0 aliphatic carbocycles. The van der Waals surface area contributed by atoms with Gasteiger partial charge in [-0.15, -0.1) is 0 Å². The van der Waals surface area contributed by atoms with Gasteiger partial charge in [-0.3, -0.25) is 10.0 Å². The Hall–Kier alpha value is -2.13. The Balaban J connectivity index is 0.00000127. The van der Waals surface area contributed by atoms with Crippen LogP contribution in [0.2, 0.25) is 0 Å². The highest BCUT2D eigenvalue weighted by Crippen LogP contribution is 2.11. The van der Waals surface area contributed by atoms with Gasteiger partial charge in [0.25, 0.3) is 0 Å². The molecule has 0 saturated heterocycles. The SMILES string of the molecule is CC.O=C(Cc1ccc(CCCCc2ccccc2)cc1)NO. The molecule has 124 valence electrons. The van der Waals surface area contributed by atoms with Crippen molar-refractivity contribution >= 4 is 5.91 Å². The van der Waals surface area contributed by atoms with Crippen LogP contribution in [0.5, 0.6) is 0 Å². The number of hydrogen-bond acceptors (Lipinski definition) is 2. The van der Waals surface area contributed by atoms with E-state index < -0.39 is 0 Å². The molecule has 0 aromatic heterocycles. The van der Waals surface area contributed by atoms with Gasteiger partial charge in [-0.2, -0.15) is 0 Å². The molecule has 2 aromatic rings. The van der Waals surface area contributed by atoms with E-state index >= 15 is 0 Å². The van der Waals surface area contributed by atoms with Gasteiger partial charge in [0.05, 0.1) is 6.42 Å². The fraction of sp³-hybridized carbons (Fsp3) is 0.350. The summed E-state index contributed by atoms with van der Waals surface area (Å²) in [5.41, 5.74) is 5.24. The van der Waals surface area contributed by atoms with Crippen LogP contribution in [0.25, 0.3) is 0 Å². The number of carbonyl (C=O) groups excluding carboxylic acids is 1. The van der Waals surface area contributed by atoms with Gasteiger partial charge in [-0.1, -0.05) is 68.4 Å². The highest BCUT2D eigenvalue weighted by atomic mass is 16.5. The molecule has 0 bridgehead atoms. The van der Waals surface area contributed by atoms with Gasteiger partial charge in [-0.25, -0.2) is 5.48 Å². The zero-order valence-electron chi connectivity index (χ0n) is 14.1. The number of hydrogen-bond donors (Lipinski definition) is 2. The molecule has 0 heterocycles. The summed E-state index contributed by atoms with van der Waals surface area (Å²) in [6.45, 7) is 4.00. The van der Waals surface area contributed by atoms with Crippen LogP contribution in [0.15, 0.2) is 54.6 Å². The molecule has 0 unspecified atom stereocenters. The highest BCUT2D eigenvalue weighted by Gasteiger charge is 2.01. The first-order chi connectivity index (χ1) is 11.3. The third-order valence-corrected chi connectivity index (χ3v) is 3.54. The second-order valence-corrected chi connectivity index (χ2v) is 5.22. The van der Waals surface area contributed by atoms with Gasteiger partial charge in [-0.05, 0) is 42.4 Å². The van der Waals surface area contributed by atoms with Crippen molar-refractivity contribution in [3.8, 4) is 0 Å². The fourth-order valence-electron chi connectivity index (χ4n) is 2.35. The van der Waals surface area contributed by atoms with E-state index in [0.717, 1.165) is 24.8 Å². The van der Waals surface area contributed by atoms with E-state index in [0.29, 0.717) is 0 Å². The van der Waals surface area contributed by atoms with Crippen molar-refractivity contribution in [2.45, 2.75) is 46.0 Å². The molecule has 2 rings (SSSR count). The van der Waals surface area contributed by atoms with Gasteiger partial charge >= 0.3 is 0 Å². The molecule has 0 atom stereocenters. The molecule has 3 nitrogen and oxygen atoms in total. The van der Waals surface area contributed by atoms with Crippen LogP contribution in [-0.4, -0.2) is 11.1 Å². The zero-order valence-corrected chi connectivity index (χ0v) is 14.1. The Morgan fingerprint density at radius 2 is 1.30 bits per heavy atom. The van der Waals surface area contributed by atoms with Gasteiger partial charge in [0.1, 0.15) is 0 Å². The predicted octanol–water partition coefficient (Wildman–Crippen LogP) is 4.33. The van der Waals surface area contributed by atoms with E-state index in [1.165, 1.54) is 17.5 Å². The monoisotopic (exact) mass is 313 g/mol. The van der Waals surface area contributed by atoms with E-state index in [2.05, 4.69) is 36.4 Å². The van der Waals surface area contributed by atoms with Crippen molar-refractivity contribution in [3.63, 3.8) is 0 Å². The Kier molecular flexibility index (Phi) is 9.41. The lowest BCUT2D eigenvalue weighted by Crippen LogP contribution is -2.20. The second kappa shape index (κ2) is 11.4. The summed E-state index contributed by atoms with van der Waals surface area (Å²) in [4.78, 5) is 11.1. The standard InChI is InChI=1S/C18H21NO2.C2H6/c20-18(19-21)14-17-12-10-16(11-13-17)9-5-4-8-15-6-2-1-3-7-15;1-2/h1-3,6-7,10-13,21H,4-5,8-9,14H2,(H,19,20);1-2H3. The smallest absolute Gasteiger partial charge is 0.247 e. The highest BCUT2D eigenvalue weighted by molar-refractivity contribution is 5.77. The normalized spacial score (nSPS) is 9.70. The number of nitrogens with one attached hydrogen (secondary N) is 1. The number of amides is 1. The lowest BCUT2D eigenvalue weighted by atomic mass is 10.0. The van der Waals surface area contributed by atoms with E-state index in [-0.39, 0.29) is 12.3 Å². The minimum Gasteiger partial charge on any atom is -0.289 e. The van der Waals surface area contributed by atoms with Crippen LogP contribution in [0.1, 0.15) is 43.4 Å². The van der Waals surface area contributed by atoms with Crippen LogP contribution in [-0.2, 0) is 24.1 Å². The summed E-state index contributed by atoms with van der Waals surface area (Å²) in [6, 6.07) is 18.5. The van der Waals surface area contributed by atoms with Crippen LogP contribution in [0.3, 0.4) is 0 Å². The molecule has 0 aliphatic heterocycles. The lowest BCUT2D eigenvalue weighted by Gasteiger charge is -2.04. The van der Waals surface area contributed by atoms with E-state index in [1.54, 1.807) is 5.48 Å². The molecule has 0 saturated carbocycles. The maximum Gasteiger partial charge on any atom is 0.247 e. The van der Waals surface area contributed by atoms with Gasteiger partial charge in [0.2, 0.25) is 5.91 Å². The van der Waals surface area contributed by atoms with Gasteiger partial charge < -0.3 is 0 Å². The number of hydroxylamine groups is 1. The fourth-order valence-corrected chi connectivity index (χ4v) is 2.35. The maximum atomic E-state index is 11.1. The zero-order chi connectivity index (χ0) is 16.9. The molecule has 23 heavy (non-hydrogen) atoms. The largest absolute Gasteiger partial charge is 0.289 e. The summed E-state index contributed by atoms with van der Waals surface area (Å²) < 4.78 is 0. The first-order valence-corrected chi connectivity index (χ1v) is 8.32. The third kappa shape index (κ3) is 7.61. The Bertz CT molecular complexity index is 550. The Morgan fingerprint density at radius 1 is 0.826 bits per heavy atom. The topological polar surface area (TPSA) is 49.3 Å². The maximum absolute atomic E-state index is 11.1. The predicted molar refractivity (Wildman–Crippen MR) is 94.5 cm³/mol. The minimum absolute atomic E-state index is 0.213. The van der Waals surface area contributed by atoms with E-state index in [9.17, 15) is 4.79 Å². The van der Waals surface area contributed by atoms with Crippen molar-refractivity contribution < 1.29 is 10.0 Å². The number of aryl methyl sites for hydroxylation is 2. The quantitative estimate of drug-likeness (QED) is 0.454. The minimum atomic E-state index is -0.384. The third-order valence-electron chi connectivity index (χ3n) is 3.54. The molecule has 0 radical (unpaired) electrons. The molecule has 2 N–H and O–H groups in total. The van der Waals surface area contributed by atoms with Crippen LogP contribution < -0.4 is 5.48 Å². The lowest BCUT2D eigenvalue weighted by molar-refractivity contribution is -0.128. The van der Waals surface area contributed by atoms with Crippen LogP contribution in [0.4, 0.5) is 0 Å². The number of unbranched alkanes of at least 4 members (excludes halogenated alkanes) is 1. The molecule has 0 fully saturated rings. The van der Waals surface area contributed by atoms with Crippen molar-refractivity contribution in [1.82, 2.24) is 5.48 Å². The molecule has 1 amide bonds. The van der Waals surface area contributed by atoms with Gasteiger partial charge in [0, 0.05) is 0 Å². The average molecular weight is 313 g/mol. The van der Waals surface area contributed by atoms with Crippen LogP contribution >= 0.6 is 0 Å². The number of carbonyl (C=O) groups is 1.